The summed E-state index contributed by atoms with van der Waals surface area (Å²) in [6, 6.07) is 6.67. The first-order valence-corrected chi connectivity index (χ1v) is 8.10. The quantitative estimate of drug-likeness (QED) is 0.830. The first-order valence-electron chi connectivity index (χ1n) is 8.10. The molecule has 0 saturated carbocycles. The van der Waals surface area contributed by atoms with Crippen molar-refractivity contribution in [2.24, 2.45) is 5.92 Å². The first kappa shape index (κ1) is 14.8. The average molecular weight is 292 g/mol. The Balaban J connectivity index is 1.41. The molecule has 1 atom stereocenters. The van der Waals surface area contributed by atoms with E-state index in [-0.39, 0.29) is 11.9 Å². The topological polar surface area (TPSA) is 15.7 Å². The van der Waals surface area contributed by atoms with Gasteiger partial charge in [-0.1, -0.05) is 19.1 Å². The maximum atomic E-state index is 13.5. The Hall–Kier alpha value is -1.13. The van der Waals surface area contributed by atoms with Gasteiger partial charge in [-0.3, -0.25) is 4.90 Å². The summed E-state index contributed by atoms with van der Waals surface area (Å²) in [5, 5.41) is 0. The zero-order valence-corrected chi connectivity index (χ0v) is 12.8. The van der Waals surface area contributed by atoms with Crippen molar-refractivity contribution in [2.75, 3.05) is 39.3 Å². The molecule has 0 amide bonds. The van der Waals surface area contributed by atoms with Gasteiger partial charge in [0.25, 0.3) is 0 Å². The van der Waals surface area contributed by atoms with Crippen LogP contribution in [0.5, 0.6) is 5.75 Å². The third-order valence-electron chi connectivity index (χ3n) is 4.62. The van der Waals surface area contributed by atoms with Crippen LogP contribution in [0.15, 0.2) is 24.3 Å². The zero-order valence-electron chi connectivity index (χ0n) is 12.8. The van der Waals surface area contributed by atoms with E-state index in [9.17, 15) is 4.39 Å². The number of likely N-dealkylation sites (tertiary alicyclic amines) is 2. The molecule has 3 nitrogen and oxygen atoms in total. The predicted molar refractivity (Wildman–Crippen MR) is 82.1 cm³/mol. The van der Waals surface area contributed by atoms with E-state index in [1.165, 1.54) is 32.0 Å². The lowest BCUT2D eigenvalue weighted by atomic mass is 9.96. The summed E-state index contributed by atoms with van der Waals surface area (Å²) in [6.45, 7) is 8.90. The van der Waals surface area contributed by atoms with Gasteiger partial charge in [0.1, 0.15) is 6.10 Å². The Morgan fingerprint density at radius 1 is 1.19 bits per heavy atom. The van der Waals surface area contributed by atoms with Gasteiger partial charge in [-0.2, -0.15) is 0 Å². The molecule has 0 unspecified atom stereocenters. The van der Waals surface area contributed by atoms with Crippen molar-refractivity contribution in [1.29, 1.82) is 0 Å². The van der Waals surface area contributed by atoms with Crippen molar-refractivity contribution in [3.05, 3.63) is 30.1 Å². The van der Waals surface area contributed by atoms with Crippen molar-refractivity contribution < 1.29 is 9.13 Å². The second-order valence-corrected chi connectivity index (χ2v) is 6.29. The summed E-state index contributed by atoms with van der Waals surface area (Å²) in [5.74, 6) is 0.909. The molecule has 0 bridgehead atoms. The van der Waals surface area contributed by atoms with Gasteiger partial charge in [0.2, 0.25) is 0 Å². The Morgan fingerprint density at radius 3 is 2.76 bits per heavy atom. The van der Waals surface area contributed by atoms with Gasteiger partial charge in [-0.25, -0.2) is 4.39 Å². The van der Waals surface area contributed by atoms with E-state index in [4.69, 9.17) is 4.74 Å². The fourth-order valence-corrected chi connectivity index (χ4v) is 3.42. The van der Waals surface area contributed by atoms with Crippen molar-refractivity contribution in [2.45, 2.75) is 25.9 Å². The largest absolute Gasteiger partial charge is 0.485 e. The van der Waals surface area contributed by atoms with Crippen molar-refractivity contribution in [3.8, 4) is 5.75 Å². The van der Waals surface area contributed by atoms with Crippen LogP contribution >= 0.6 is 0 Å². The molecule has 3 rings (SSSR count). The maximum Gasteiger partial charge on any atom is 0.165 e. The molecule has 1 aromatic carbocycles. The molecular weight excluding hydrogens is 267 g/mol. The van der Waals surface area contributed by atoms with E-state index in [1.54, 1.807) is 12.1 Å². The number of rotatable bonds is 5. The molecule has 116 valence electrons. The normalized spacial score (nSPS) is 24.8. The lowest BCUT2D eigenvalue weighted by molar-refractivity contribution is -0.0000713. The van der Waals surface area contributed by atoms with Crippen LogP contribution in [-0.4, -0.2) is 55.2 Å². The molecule has 0 spiro atoms. The molecule has 0 aliphatic carbocycles. The Labute approximate surface area is 126 Å². The minimum absolute atomic E-state index is 0.146. The van der Waals surface area contributed by atoms with Gasteiger partial charge < -0.3 is 9.64 Å². The summed E-state index contributed by atoms with van der Waals surface area (Å²) in [7, 11) is 0. The molecule has 2 heterocycles. The summed E-state index contributed by atoms with van der Waals surface area (Å²) in [5.41, 5.74) is 0. The smallest absolute Gasteiger partial charge is 0.165 e. The second kappa shape index (κ2) is 6.75. The number of benzene rings is 1. The monoisotopic (exact) mass is 292 g/mol. The predicted octanol–water partition coefficient (Wildman–Crippen LogP) is 2.62. The van der Waals surface area contributed by atoms with E-state index < -0.39 is 0 Å². The number of nitrogens with zero attached hydrogens (tertiary/aromatic N) is 2. The van der Waals surface area contributed by atoms with Crippen LogP contribution in [0.2, 0.25) is 0 Å². The minimum Gasteiger partial charge on any atom is -0.485 e. The fraction of sp³-hybridized carbons (Fsp3) is 0.647. The second-order valence-electron chi connectivity index (χ2n) is 6.29. The molecule has 1 aromatic rings. The van der Waals surface area contributed by atoms with Gasteiger partial charge >= 0.3 is 0 Å². The molecule has 0 radical (unpaired) electrons. The van der Waals surface area contributed by atoms with E-state index in [0.717, 1.165) is 32.1 Å². The van der Waals surface area contributed by atoms with Crippen LogP contribution in [0.4, 0.5) is 4.39 Å². The summed E-state index contributed by atoms with van der Waals surface area (Å²) in [4.78, 5) is 4.98. The maximum absolute atomic E-state index is 13.5. The van der Waals surface area contributed by atoms with E-state index in [0.29, 0.717) is 5.75 Å². The molecule has 2 fully saturated rings. The highest BCUT2D eigenvalue weighted by molar-refractivity contribution is 5.24. The fourth-order valence-electron chi connectivity index (χ4n) is 3.42. The van der Waals surface area contributed by atoms with E-state index >= 15 is 0 Å². The highest BCUT2D eigenvalue weighted by atomic mass is 19.1. The number of ether oxygens (including phenoxy) is 1. The zero-order chi connectivity index (χ0) is 14.7. The van der Waals surface area contributed by atoms with Crippen LogP contribution in [0.1, 0.15) is 19.8 Å². The summed E-state index contributed by atoms with van der Waals surface area (Å²) < 4.78 is 19.2. The van der Waals surface area contributed by atoms with Crippen molar-refractivity contribution >= 4 is 0 Å². The van der Waals surface area contributed by atoms with Gasteiger partial charge in [0.05, 0.1) is 0 Å². The van der Waals surface area contributed by atoms with E-state index in [2.05, 4.69) is 16.7 Å². The molecular formula is C17H25FN2O. The molecule has 2 aliphatic rings. The Morgan fingerprint density at radius 2 is 2.00 bits per heavy atom. The molecule has 2 saturated heterocycles. The number of para-hydroxylation sites is 1. The number of piperidine rings is 1. The number of halogens is 1. The van der Waals surface area contributed by atoms with Crippen molar-refractivity contribution in [1.82, 2.24) is 9.80 Å². The highest BCUT2D eigenvalue weighted by Gasteiger charge is 2.31. The Bertz CT molecular complexity index is 462. The minimum atomic E-state index is -0.262. The standard InChI is InChI=1S/C17H25FN2O/c1-2-19-9-5-6-14(10-19)11-20-12-15(13-20)21-17-8-4-3-7-16(17)18/h3-4,7-8,14-15H,2,5-6,9-13H2,1H3/t14-/m0/s1. The molecule has 21 heavy (non-hydrogen) atoms. The average Bonchev–Trinajstić information content (AvgIpc) is 2.47. The third kappa shape index (κ3) is 3.74. The number of hydrogen-bond donors (Lipinski definition) is 0. The van der Waals surface area contributed by atoms with Crippen LogP contribution in [-0.2, 0) is 0 Å². The molecule has 0 N–H and O–H groups in total. The van der Waals surface area contributed by atoms with Gasteiger partial charge in [0, 0.05) is 26.2 Å². The molecule has 0 aromatic heterocycles. The summed E-state index contributed by atoms with van der Waals surface area (Å²) in [6.07, 6.45) is 2.81. The van der Waals surface area contributed by atoms with Crippen molar-refractivity contribution in [3.63, 3.8) is 0 Å². The van der Waals surface area contributed by atoms with Crippen LogP contribution in [0.25, 0.3) is 0 Å². The highest BCUT2D eigenvalue weighted by Crippen LogP contribution is 2.24. The number of hydrogen-bond acceptors (Lipinski definition) is 3. The van der Waals surface area contributed by atoms with Gasteiger partial charge in [-0.05, 0) is 44.0 Å². The molecule has 4 heteroatoms. The van der Waals surface area contributed by atoms with Crippen LogP contribution < -0.4 is 4.74 Å². The Kier molecular flexibility index (Phi) is 4.76. The SMILES string of the molecule is CCN1CCC[C@H](CN2CC(Oc3ccccc3F)C2)C1. The lowest BCUT2D eigenvalue weighted by Gasteiger charge is -2.42. The lowest BCUT2D eigenvalue weighted by Crippen LogP contribution is -2.56. The van der Waals surface area contributed by atoms with Gasteiger partial charge in [0.15, 0.2) is 11.6 Å². The first-order chi connectivity index (χ1) is 10.2. The van der Waals surface area contributed by atoms with E-state index in [1.807, 2.05) is 6.07 Å². The third-order valence-corrected chi connectivity index (χ3v) is 4.62. The molecule has 2 aliphatic heterocycles. The van der Waals surface area contributed by atoms with Crippen LogP contribution in [0, 0.1) is 11.7 Å². The van der Waals surface area contributed by atoms with Crippen LogP contribution in [0.3, 0.4) is 0 Å². The summed E-state index contributed by atoms with van der Waals surface area (Å²) >= 11 is 0. The van der Waals surface area contributed by atoms with Gasteiger partial charge in [-0.15, -0.1) is 0 Å².